The molecule has 4 aromatic rings. The third-order valence-corrected chi connectivity index (χ3v) is 7.56. The van der Waals surface area contributed by atoms with Crippen molar-refractivity contribution in [2.45, 2.75) is 6.61 Å². The number of carbonyl (C=O) groups excluding carboxylic acids is 1. The number of fused-ring (bicyclic) bond motifs is 1. The molecule has 0 atom stereocenters. The maximum atomic E-state index is 12.5. The molecule has 8 nitrogen and oxygen atoms in total. The molecule has 0 bridgehead atoms. The van der Waals surface area contributed by atoms with Crippen LogP contribution in [-0.2, 0) is 6.61 Å². The van der Waals surface area contributed by atoms with Gasteiger partial charge in [-0.3, -0.25) is 14.9 Å². The molecule has 11 heteroatoms. The third kappa shape index (κ3) is 5.95. The summed E-state index contributed by atoms with van der Waals surface area (Å²) in [5, 5.41) is 24.9. The van der Waals surface area contributed by atoms with Crippen molar-refractivity contribution in [3.63, 3.8) is 0 Å². The van der Waals surface area contributed by atoms with Crippen molar-refractivity contribution in [3.05, 3.63) is 99.5 Å². The van der Waals surface area contributed by atoms with Crippen LogP contribution >= 0.6 is 56.5 Å². The van der Waals surface area contributed by atoms with Crippen molar-refractivity contribution in [2.24, 2.45) is 5.10 Å². The summed E-state index contributed by atoms with van der Waals surface area (Å²) in [7, 11) is 0. The molecule has 0 aliphatic heterocycles. The van der Waals surface area contributed by atoms with Gasteiger partial charge in [-0.15, -0.1) is 11.3 Å². The van der Waals surface area contributed by atoms with E-state index in [0.717, 1.165) is 23.0 Å². The Kier molecular flexibility index (Phi) is 7.93. The van der Waals surface area contributed by atoms with E-state index in [1.165, 1.54) is 29.7 Å². The zero-order valence-corrected chi connectivity index (χ0v) is 22.8. The van der Waals surface area contributed by atoms with Crippen LogP contribution in [0.4, 0.5) is 5.69 Å². The number of rotatable bonds is 7. The van der Waals surface area contributed by atoms with E-state index in [1.807, 2.05) is 30.3 Å². The summed E-state index contributed by atoms with van der Waals surface area (Å²) in [6, 6.07) is 19.3. The molecule has 0 radical (unpaired) electrons. The van der Waals surface area contributed by atoms with E-state index in [0.29, 0.717) is 21.6 Å². The number of thiophene rings is 1. The molecule has 0 unspecified atom stereocenters. The lowest BCUT2D eigenvalue weighted by atomic mass is 10.1. The van der Waals surface area contributed by atoms with Gasteiger partial charge in [-0.1, -0.05) is 18.2 Å². The number of halogens is 2. The van der Waals surface area contributed by atoms with Crippen LogP contribution in [0.15, 0.2) is 65.8 Å². The number of nitrogens with zero attached hydrogens (tertiary/aromatic N) is 3. The van der Waals surface area contributed by atoms with Gasteiger partial charge in [0.2, 0.25) is 0 Å². The van der Waals surface area contributed by atoms with E-state index in [4.69, 9.17) is 4.74 Å². The molecule has 1 N–H and O–H groups in total. The minimum atomic E-state index is -0.467. The Morgan fingerprint density at radius 3 is 2.63 bits per heavy atom. The molecule has 3 aromatic carbocycles. The Hall–Kier alpha value is -3.09. The Morgan fingerprint density at radius 2 is 1.91 bits per heavy atom. The normalized spacial score (nSPS) is 10.9. The molecule has 1 heterocycles. The van der Waals surface area contributed by atoms with Gasteiger partial charge in [-0.05, 0) is 81.1 Å². The van der Waals surface area contributed by atoms with Crippen molar-refractivity contribution < 1.29 is 14.5 Å². The summed E-state index contributed by atoms with van der Waals surface area (Å²) in [5.74, 6) is 0.310. The van der Waals surface area contributed by atoms with Crippen LogP contribution in [-0.4, -0.2) is 17.0 Å². The van der Waals surface area contributed by atoms with Gasteiger partial charge in [0.05, 0.1) is 34.8 Å². The molecule has 0 spiro atoms. The Bertz CT molecular complexity index is 1500. The minimum absolute atomic E-state index is 0.0221. The minimum Gasteiger partial charge on any atom is -0.487 e. The molecular formula is C24H14I2N4O4S. The number of hydrazone groups is 1. The van der Waals surface area contributed by atoms with Crippen LogP contribution in [0.1, 0.15) is 26.4 Å². The number of hydrogen-bond donors (Lipinski definition) is 1. The number of non-ortho nitro benzene ring substituents is 1. The Balaban J connectivity index is 1.43. The number of nitro benzene ring substituents is 1. The molecule has 0 aliphatic carbocycles. The average Bonchev–Trinajstić information content (AvgIpc) is 3.27. The molecule has 1 aromatic heterocycles. The molecule has 4 rings (SSSR count). The van der Waals surface area contributed by atoms with E-state index < -0.39 is 10.8 Å². The number of nitriles is 1. The molecule has 0 aliphatic rings. The first-order valence-corrected chi connectivity index (χ1v) is 12.9. The van der Waals surface area contributed by atoms with Gasteiger partial charge in [-0.2, -0.15) is 10.4 Å². The zero-order valence-electron chi connectivity index (χ0n) is 17.7. The molecular weight excluding hydrogens is 694 g/mol. The quantitative estimate of drug-likeness (QED) is 0.106. The van der Waals surface area contributed by atoms with Crippen LogP contribution in [0.5, 0.6) is 5.75 Å². The maximum absolute atomic E-state index is 12.5. The lowest BCUT2D eigenvalue weighted by molar-refractivity contribution is -0.384. The van der Waals surface area contributed by atoms with Gasteiger partial charge in [0.1, 0.15) is 12.4 Å². The Labute approximate surface area is 231 Å². The number of nitro groups is 1. The standard InChI is InChI=1S/C24H14I2N4O4S/c25-19-7-14(8-20(26)23(19)34-13-16-4-2-1-3-15(16)11-27)12-28-29-24(31)22-10-17-9-18(30(32)33)5-6-21(17)35-22/h1-10,12H,13H2,(H,29,31)/b28-12-. The third-order valence-electron chi connectivity index (χ3n) is 4.84. The fourth-order valence-corrected chi connectivity index (χ4v) is 6.23. The largest absolute Gasteiger partial charge is 0.487 e. The first kappa shape index (κ1) is 25.0. The van der Waals surface area contributed by atoms with Crippen molar-refractivity contribution in [3.8, 4) is 11.8 Å². The van der Waals surface area contributed by atoms with Crippen LogP contribution in [0.2, 0.25) is 0 Å². The topological polar surface area (TPSA) is 118 Å². The van der Waals surface area contributed by atoms with Crippen molar-refractivity contribution in [1.29, 1.82) is 5.26 Å². The highest BCUT2D eigenvalue weighted by Gasteiger charge is 2.13. The van der Waals surface area contributed by atoms with Gasteiger partial charge in [-0.25, -0.2) is 5.43 Å². The van der Waals surface area contributed by atoms with E-state index in [9.17, 15) is 20.2 Å². The van der Waals surface area contributed by atoms with Gasteiger partial charge < -0.3 is 4.74 Å². The molecule has 35 heavy (non-hydrogen) atoms. The second-order valence-electron chi connectivity index (χ2n) is 7.16. The van der Waals surface area contributed by atoms with Crippen molar-refractivity contribution in [2.75, 3.05) is 0 Å². The lowest BCUT2D eigenvalue weighted by Gasteiger charge is -2.12. The maximum Gasteiger partial charge on any atom is 0.281 e. The van der Waals surface area contributed by atoms with Crippen LogP contribution < -0.4 is 10.2 Å². The average molecular weight is 708 g/mol. The van der Waals surface area contributed by atoms with Gasteiger partial charge in [0, 0.05) is 27.8 Å². The van der Waals surface area contributed by atoms with E-state index in [1.54, 1.807) is 18.2 Å². The number of nitrogens with one attached hydrogen (secondary N) is 1. The molecule has 0 saturated carbocycles. The summed E-state index contributed by atoms with van der Waals surface area (Å²) in [6.45, 7) is 0.275. The predicted octanol–water partition coefficient (Wildman–Crippen LogP) is 6.23. The van der Waals surface area contributed by atoms with E-state index in [-0.39, 0.29) is 12.3 Å². The number of benzene rings is 3. The highest BCUT2D eigenvalue weighted by Crippen LogP contribution is 2.30. The first-order valence-electron chi connectivity index (χ1n) is 9.97. The van der Waals surface area contributed by atoms with Crippen molar-refractivity contribution >= 4 is 84.4 Å². The lowest BCUT2D eigenvalue weighted by Crippen LogP contribution is -2.16. The van der Waals surface area contributed by atoms with E-state index in [2.05, 4.69) is 61.8 Å². The van der Waals surface area contributed by atoms with Gasteiger partial charge >= 0.3 is 0 Å². The predicted molar refractivity (Wildman–Crippen MR) is 151 cm³/mol. The summed E-state index contributed by atoms with van der Waals surface area (Å²) in [4.78, 5) is 23.4. The summed E-state index contributed by atoms with van der Waals surface area (Å²) < 4.78 is 8.49. The SMILES string of the molecule is N#Cc1ccccc1COc1c(I)cc(/C=N\NC(=O)c2cc3cc([N+](=O)[O-])ccc3s2)cc1I. The number of hydrogen-bond acceptors (Lipinski definition) is 7. The smallest absolute Gasteiger partial charge is 0.281 e. The molecule has 1 amide bonds. The van der Waals surface area contributed by atoms with Crippen LogP contribution in [0, 0.1) is 28.6 Å². The highest BCUT2D eigenvalue weighted by atomic mass is 127. The van der Waals surface area contributed by atoms with Crippen LogP contribution in [0.3, 0.4) is 0 Å². The summed E-state index contributed by atoms with van der Waals surface area (Å²) >= 11 is 5.58. The number of ether oxygens (including phenoxy) is 1. The van der Waals surface area contributed by atoms with Crippen LogP contribution in [0.25, 0.3) is 10.1 Å². The molecule has 0 saturated heterocycles. The fraction of sp³-hybridized carbons (Fsp3) is 0.0417. The second kappa shape index (κ2) is 11.1. The summed E-state index contributed by atoms with van der Waals surface area (Å²) in [6.07, 6.45) is 1.54. The summed E-state index contributed by atoms with van der Waals surface area (Å²) in [5.41, 5.74) is 4.64. The highest BCUT2D eigenvalue weighted by molar-refractivity contribution is 14.1. The zero-order chi connectivity index (χ0) is 24.9. The first-order chi connectivity index (χ1) is 16.9. The van der Waals surface area contributed by atoms with Crippen molar-refractivity contribution in [1.82, 2.24) is 5.43 Å². The second-order valence-corrected chi connectivity index (χ2v) is 10.6. The fourth-order valence-electron chi connectivity index (χ4n) is 3.17. The number of amides is 1. The van der Waals surface area contributed by atoms with E-state index >= 15 is 0 Å². The van der Waals surface area contributed by atoms with Gasteiger partial charge in [0.15, 0.2) is 0 Å². The Morgan fingerprint density at radius 1 is 1.17 bits per heavy atom. The molecule has 174 valence electrons. The monoisotopic (exact) mass is 708 g/mol. The number of carbonyl (C=O) groups is 1. The molecule has 0 fully saturated rings. The van der Waals surface area contributed by atoms with Gasteiger partial charge in [0.25, 0.3) is 11.6 Å².